The van der Waals surface area contributed by atoms with Crippen LogP contribution < -0.4 is 0 Å². The molecule has 0 radical (unpaired) electrons. The molecule has 0 N–H and O–H groups in total. The van der Waals surface area contributed by atoms with E-state index in [2.05, 4.69) is 48.9 Å². The van der Waals surface area contributed by atoms with Crippen LogP contribution in [-0.2, 0) is 27.2 Å². The molecule has 2 aromatic rings. The lowest BCUT2D eigenvalue weighted by Crippen LogP contribution is -2.44. The zero-order valence-corrected chi connectivity index (χ0v) is 29.1. The van der Waals surface area contributed by atoms with Crippen molar-refractivity contribution in [2.45, 2.75) is 76.5 Å². The summed E-state index contributed by atoms with van der Waals surface area (Å²) in [4.78, 5) is 49.1. The van der Waals surface area contributed by atoms with E-state index in [1.165, 1.54) is 16.7 Å². The van der Waals surface area contributed by atoms with Crippen molar-refractivity contribution in [2.75, 3.05) is 39.3 Å². The fourth-order valence-electron chi connectivity index (χ4n) is 7.76. The standard InChI is InChI=1S/C34H41Br2ClN4O3/c35-26-18-25-5-4-24-19-27(37)20-28(36)32(24)33(34(25)38-21-26)23-8-14-41(15-9-23)31(44)17-22-6-12-40(13-7-22)30(43)10-16-39-11-2-1-3-29(39)42/h18-23,33H,1-17H2/t33-/m1/s1. The highest BCUT2D eigenvalue weighted by atomic mass is 79.9. The van der Waals surface area contributed by atoms with Crippen molar-refractivity contribution in [2.24, 2.45) is 11.8 Å². The van der Waals surface area contributed by atoms with Crippen LogP contribution in [0, 0.1) is 11.8 Å². The Labute approximate surface area is 282 Å². The Hall–Kier alpha value is -1.97. The fourth-order valence-corrected chi connectivity index (χ4v) is 9.26. The zero-order chi connectivity index (χ0) is 30.8. The number of pyridine rings is 1. The number of amides is 3. The third-order valence-electron chi connectivity index (χ3n) is 10.2. The second-order valence-electron chi connectivity index (χ2n) is 13.0. The molecule has 1 aromatic carbocycles. The van der Waals surface area contributed by atoms with Crippen LogP contribution in [0.4, 0.5) is 0 Å². The molecule has 236 valence electrons. The Morgan fingerprint density at radius 1 is 0.864 bits per heavy atom. The zero-order valence-electron chi connectivity index (χ0n) is 25.2. The fraction of sp³-hybridized carbons (Fsp3) is 0.588. The van der Waals surface area contributed by atoms with E-state index < -0.39 is 0 Å². The average molecular weight is 749 g/mol. The summed E-state index contributed by atoms with van der Waals surface area (Å²) in [7, 11) is 0. The second-order valence-corrected chi connectivity index (χ2v) is 15.2. The van der Waals surface area contributed by atoms with Crippen LogP contribution in [0.5, 0.6) is 0 Å². The molecule has 3 saturated heterocycles. The summed E-state index contributed by atoms with van der Waals surface area (Å²) in [5.74, 6) is 1.42. The highest BCUT2D eigenvalue weighted by molar-refractivity contribution is 9.10. The van der Waals surface area contributed by atoms with E-state index >= 15 is 0 Å². The van der Waals surface area contributed by atoms with Gasteiger partial charge in [0.2, 0.25) is 17.7 Å². The number of aromatic nitrogens is 1. The number of halogens is 3. The first-order chi connectivity index (χ1) is 21.3. The lowest BCUT2D eigenvalue weighted by atomic mass is 9.76. The number of fused-ring (bicyclic) bond motifs is 2. The van der Waals surface area contributed by atoms with Gasteiger partial charge in [-0.25, -0.2) is 0 Å². The number of hydrogen-bond donors (Lipinski definition) is 0. The third-order valence-corrected chi connectivity index (χ3v) is 11.5. The Balaban J connectivity index is 1.03. The van der Waals surface area contributed by atoms with E-state index in [1.54, 1.807) is 0 Å². The van der Waals surface area contributed by atoms with Crippen molar-refractivity contribution in [1.82, 2.24) is 19.7 Å². The number of nitrogens with zero attached hydrogens (tertiary/aromatic N) is 4. The van der Waals surface area contributed by atoms with Crippen LogP contribution in [0.1, 0.15) is 86.1 Å². The van der Waals surface area contributed by atoms with Crippen LogP contribution in [0.15, 0.2) is 33.3 Å². The minimum Gasteiger partial charge on any atom is -0.343 e. The van der Waals surface area contributed by atoms with Gasteiger partial charge in [0.25, 0.3) is 0 Å². The van der Waals surface area contributed by atoms with Crippen molar-refractivity contribution < 1.29 is 14.4 Å². The molecule has 44 heavy (non-hydrogen) atoms. The topological polar surface area (TPSA) is 73.8 Å². The molecule has 7 nitrogen and oxygen atoms in total. The van der Waals surface area contributed by atoms with Gasteiger partial charge in [-0.3, -0.25) is 19.4 Å². The van der Waals surface area contributed by atoms with E-state index in [0.717, 1.165) is 90.7 Å². The molecule has 0 unspecified atom stereocenters. The SMILES string of the molecule is O=C1CCCCN1CCC(=O)N1CCC(CC(=O)N2CCC([C@H]3c4ncc(Br)cc4CCc4cc(Cl)cc(Br)c43)CC2)CC1. The predicted octanol–water partition coefficient (Wildman–Crippen LogP) is 6.76. The molecule has 1 aromatic heterocycles. The number of aryl methyl sites for hydroxylation is 2. The van der Waals surface area contributed by atoms with Crippen molar-refractivity contribution in [3.05, 3.63) is 60.7 Å². The molecule has 1 atom stereocenters. The van der Waals surface area contributed by atoms with Crippen LogP contribution in [0.3, 0.4) is 0 Å². The number of piperidine rings is 3. The highest BCUT2D eigenvalue weighted by Gasteiger charge is 2.37. The summed E-state index contributed by atoms with van der Waals surface area (Å²) in [6.07, 6.45) is 10.9. The van der Waals surface area contributed by atoms with Gasteiger partial charge < -0.3 is 14.7 Å². The van der Waals surface area contributed by atoms with E-state index in [4.69, 9.17) is 16.6 Å². The maximum atomic E-state index is 13.4. The Bertz CT molecular complexity index is 1410. The lowest BCUT2D eigenvalue weighted by molar-refractivity contribution is -0.136. The van der Waals surface area contributed by atoms with E-state index in [9.17, 15) is 14.4 Å². The van der Waals surface area contributed by atoms with Crippen molar-refractivity contribution in [3.63, 3.8) is 0 Å². The van der Waals surface area contributed by atoms with Crippen molar-refractivity contribution >= 4 is 61.2 Å². The highest BCUT2D eigenvalue weighted by Crippen LogP contribution is 2.46. The molecule has 4 heterocycles. The van der Waals surface area contributed by atoms with Gasteiger partial charge in [-0.05, 0) is 114 Å². The Morgan fingerprint density at radius 2 is 1.57 bits per heavy atom. The number of hydrogen-bond acceptors (Lipinski definition) is 4. The summed E-state index contributed by atoms with van der Waals surface area (Å²) in [5, 5.41) is 0.749. The minimum absolute atomic E-state index is 0.132. The number of carbonyl (C=O) groups excluding carboxylic acids is 3. The molecule has 6 rings (SSSR count). The third kappa shape index (κ3) is 7.20. The van der Waals surface area contributed by atoms with Gasteiger partial charge in [0.15, 0.2) is 0 Å². The first-order valence-corrected chi connectivity index (χ1v) is 18.2. The molecule has 3 amide bonds. The molecular formula is C34H41Br2ClN4O3. The minimum atomic E-state index is 0.132. The van der Waals surface area contributed by atoms with Crippen LogP contribution in [0.25, 0.3) is 0 Å². The first-order valence-electron chi connectivity index (χ1n) is 16.2. The largest absolute Gasteiger partial charge is 0.343 e. The van der Waals surface area contributed by atoms with E-state index in [0.29, 0.717) is 50.7 Å². The Morgan fingerprint density at radius 3 is 2.32 bits per heavy atom. The molecular weight excluding hydrogens is 708 g/mol. The summed E-state index contributed by atoms with van der Waals surface area (Å²) in [6, 6.07) is 6.33. The molecule has 0 bridgehead atoms. The first kappa shape index (κ1) is 32.0. The molecule has 3 aliphatic heterocycles. The summed E-state index contributed by atoms with van der Waals surface area (Å²) in [6.45, 7) is 4.24. The van der Waals surface area contributed by atoms with Gasteiger partial charge in [0.1, 0.15) is 0 Å². The summed E-state index contributed by atoms with van der Waals surface area (Å²) < 4.78 is 2.05. The predicted molar refractivity (Wildman–Crippen MR) is 179 cm³/mol. The molecule has 3 fully saturated rings. The van der Waals surface area contributed by atoms with Crippen molar-refractivity contribution in [1.29, 1.82) is 0 Å². The smallest absolute Gasteiger partial charge is 0.224 e. The number of benzene rings is 1. The normalized spacial score (nSPS) is 21.6. The molecule has 1 aliphatic carbocycles. The maximum Gasteiger partial charge on any atom is 0.224 e. The van der Waals surface area contributed by atoms with Gasteiger partial charge in [0, 0.05) is 84.6 Å². The quantitative estimate of drug-likeness (QED) is 0.328. The van der Waals surface area contributed by atoms with Gasteiger partial charge in [0.05, 0.1) is 5.69 Å². The van der Waals surface area contributed by atoms with Gasteiger partial charge in [-0.1, -0.05) is 27.5 Å². The monoisotopic (exact) mass is 746 g/mol. The van der Waals surface area contributed by atoms with Crippen molar-refractivity contribution in [3.8, 4) is 0 Å². The van der Waals surface area contributed by atoms with E-state index in [1.807, 2.05) is 22.1 Å². The number of carbonyl (C=O) groups is 3. The lowest BCUT2D eigenvalue weighted by Gasteiger charge is -2.38. The maximum absolute atomic E-state index is 13.4. The molecule has 10 heteroatoms. The number of rotatable bonds is 6. The molecule has 0 saturated carbocycles. The summed E-state index contributed by atoms with van der Waals surface area (Å²) in [5.41, 5.74) is 5.03. The average Bonchev–Trinajstić information content (AvgIpc) is 3.17. The van der Waals surface area contributed by atoms with E-state index in [-0.39, 0.29) is 23.6 Å². The van der Waals surface area contributed by atoms with Crippen LogP contribution >= 0.6 is 43.5 Å². The van der Waals surface area contributed by atoms with Gasteiger partial charge in [-0.2, -0.15) is 0 Å². The van der Waals surface area contributed by atoms with Crippen LogP contribution in [0.2, 0.25) is 5.02 Å². The van der Waals surface area contributed by atoms with Gasteiger partial charge >= 0.3 is 0 Å². The Kier molecular flexibility index (Phi) is 10.3. The summed E-state index contributed by atoms with van der Waals surface area (Å²) >= 11 is 14.0. The molecule has 0 spiro atoms. The number of likely N-dealkylation sites (tertiary alicyclic amines) is 3. The van der Waals surface area contributed by atoms with Crippen LogP contribution in [-0.4, -0.2) is 76.7 Å². The van der Waals surface area contributed by atoms with Gasteiger partial charge in [-0.15, -0.1) is 0 Å². The second kappa shape index (κ2) is 14.2. The molecule has 4 aliphatic rings.